The average molecular weight is 249 g/mol. The number of primary amides is 1. The van der Waals surface area contributed by atoms with Crippen molar-refractivity contribution in [2.45, 2.75) is 32.7 Å². The van der Waals surface area contributed by atoms with Gasteiger partial charge in [0.05, 0.1) is 0 Å². The molecule has 0 heterocycles. The molecule has 0 fully saturated rings. The summed E-state index contributed by atoms with van der Waals surface area (Å²) < 4.78 is 0. The lowest BCUT2D eigenvalue weighted by Crippen LogP contribution is -2.19. The molecule has 5 heteroatoms. The molecular weight excluding hydrogens is 230 g/mol. The number of nitrogens with two attached hydrogens (primary N) is 2. The summed E-state index contributed by atoms with van der Waals surface area (Å²) in [6.07, 6.45) is 1.03. The number of carbonyl (C=O) groups is 2. The van der Waals surface area contributed by atoms with E-state index in [4.69, 9.17) is 11.5 Å². The second-order valence-corrected chi connectivity index (χ2v) is 4.46. The molecule has 0 saturated heterocycles. The fourth-order valence-electron chi connectivity index (χ4n) is 1.60. The van der Waals surface area contributed by atoms with Crippen molar-refractivity contribution < 1.29 is 9.59 Å². The molecule has 0 aliphatic rings. The van der Waals surface area contributed by atoms with E-state index in [0.29, 0.717) is 24.1 Å². The minimum absolute atomic E-state index is 0.00900. The van der Waals surface area contributed by atoms with E-state index in [1.54, 1.807) is 25.1 Å². The topological polar surface area (TPSA) is 98.2 Å². The first kappa shape index (κ1) is 14.2. The van der Waals surface area contributed by atoms with Crippen LogP contribution >= 0.6 is 0 Å². The van der Waals surface area contributed by atoms with Gasteiger partial charge >= 0.3 is 0 Å². The third-order valence-corrected chi connectivity index (χ3v) is 2.60. The van der Waals surface area contributed by atoms with Crippen molar-refractivity contribution in [2.24, 2.45) is 11.5 Å². The van der Waals surface area contributed by atoms with Crippen molar-refractivity contribution in [3.8, 4) is 0 Å². The summed E-state index contributed by atoms with van der Waals surface area (Å²) in [6.45, 7) is 3.64. The van der Waals surface area contributed by atoms with Crippen LogP contribution in [0.3, 0.4) is 0 Å². The van der Waals surface area contributed by atoms with Crippen LogP contribution < -0.4 is 16.8 Å². The van der Waals surface area contributed by atoms with Gasteiger partial charge in [0.1, 0.15) is 0 Å². The van der Waals surface area contributed by atoms with Gasteiger partial charge in [-0.05, 0) is 44.0 Å². The lowest BCUT2D eigenvalue weighted by Gasteiger charge is -2.09. The Morgan fingerprint density at radius 2 is 2.06 bits per heavy atom. The van der Waals surface area contributed by atoms with Crippen molar-refractivity contribution in [1.29, 1.82) is 0 Å². The van der Waals surface area contributed by atoms with Gasteiger partial charge in [-0.3, -0.25) is 9.59 Å². The van der Waals surface area contributed by atoms with E-state index in [1.807, 2.05) is 6.92 Å². The fraction of sp³-hybridized carbons (Fsp3) is 0.385. The van der Waals surface area contributed by atoms with E-state index in [-0.39, 0.29) is 11.9 Å². The van der Waals surface area contributed by atoms with Crippen LogP contribution in [0.1, 0.15) is 35.7 Å². The molecule has 0 radical (unpaired) electrons. The van der Waals surface area contributed by atoms with E-state index in [1.165, 1.54) is 0 Å². The number of anilines is 1. The number of benzene rings is 1. The van der Waals surface area contributed by atoms with E-state index >= 15 is 0 Å². The van der Waals surface area contributed by atoms with Gasteiger partial charge in [-0.25, -0.2) is 0 Å². The molecule has 1 aromatic rings. The summed E-state index contributed by atoms with van der Waals surface area (Å²) in [4.78, 5) is 22.6. The van der Waals surface area contributed by atoms with E-state index in [2.05, 4.69) is 5.32 Å². The van der Waals surface area contributed by atoms with Crippen LogP contribution in [0.15, 0.2) is 18.2 Å². The number of nitrogens with one attached hydrogen (secondary N) is 1. The highest BCUT2D eigenvalue weighted by Crippen LogP contribution is 2.15. The maximum absolute atomic E-state index is 11.6. The van der Waals surface area contributed by atoms with Gasteiger partial charge in [0.15, 0.2) is 0 Å². The Bertz CT molecular complexity index is 456. The summed E-state index contributed by atoms with van der Waals surface area (Å²) in [5.41, 5.74) is 12.7. The average Bonchev–Trinajstić information content (AvgIpc) is 2.26. The molecule has 5 N–H and O–H groups in total. The second-order valence-electron chi connectivity index (χ2n) is 4.46. The first-order valence-electron chi connectivity index (χ1n) is 5.86. The number of hydrogen-bond acceptors (Lipinski definition) is 3. The van der Waals surface area contributed by atoms with Gasteiger partial charge in [-0.2, -0.15) is 0 Å². The molecule has 5 nitrogen and oxygen atoms in total. The van der Waals surface area contributed by atoms with Gasteiger partial charge in [0.2, 0.25) is 11.8 Å². The number of aryl methyl sites for hydroxylation is 1. The minimum atomic E-state index is -0.470. The minimum Gasteiger partial charge on any atom is -0.366 e. The zero-order chi connectivity index (χ0) is 13.7. The Hall–Kier alpha value is -1.88. The number of rotatable bonds is 5. The van der Waals surface area contributed by atoms with Crippen LogP contribution in [-0.4, -0.2) is 17.9 Å². The molecule has 2 amide bonds. The quantitative estimate of drug-likeness (QED) is 0.730. The monoisotopic (exact) mass is 249 g/mol. The highest BCUT2D eigenvalue weighted by molar-refractivity contribution is 5.96. The molecule has 18 heavy (non-hydrogen) atoms. The van der Waals surface area contributed by atoms with Crippen LogP contribution in [0.25, 0.3) is 0 Å². The Morgan fingerprint density at radius 1 is 1.39 bits per heavy atom. The predicted molar refractivity (Wildman–Crippen MR) is 71.2 cm³/mol. The largest absolute Gasteiger partial charge is 0.366 e. The lowest BCUT2D eigenvalue weighted by atomic mass is 10.1. The molecule has 0 aliphatic carbocycles. The zero-order valence-corrected chi connectivity index (χ0v) is 10.7. The lowest BCUT2D eigenvalue weighted by molar-refractivity contribution is -0.116. The molecule has 0 aliphatic heterocycles. The Morgan fingerprint density at radius 3 is 2.56 bits per heavy atom. The Labute approximate surface area is 107 Å². The SMILES string of the molecule is Cc1cc(NC(=O)CCC(C)N)ccc1C(N)=O. The van der Waals surface area contributed by atoms with Crippen molar-refractivity contribution in [3.05, 3.63) is 29.3 Å². The summed E-state index contributed by atoms with van der Waals surface area (Å²) in [6, 6.07) is 5.01. The molecule has 1 atom stereocenters. The van der Waals surface area contributed by atoms with Crippen LogP contribution in [0, 0.1) is 6.92 Å². The number of hydrogen-bond donors (Lipinski definition) is 3. The number of carbonyl (C=O) groups excluding carboxylic acids is 2. The summed E-state index contributed by atoms with van der Waals surface area (Å²) >= 11 is 0. The summed E-state index contributed by atoms with van der Waals surface area (Å²) in [5, 5.41) is 2.76. The fourth-order valence-corrected chi connectivity index (χ4v) is 1.60. The molecule has 1 rings (SSSR count). The van der Waals surface area contributed by atoms with Gasteiger partial charge in [-0.15, -0.1) is 0 Å². The van der Waals surface area contributed by atoms with E-state index in [9.17, 15) is 9.59 Å². The third-order valence-electron chi connectivity index (χ3n) is 2.60. The van der Waals surface area contributed by atoms with E-state index < -0.39 is 5.91 Å². The summed E-state index contributed by atoms with van der Waals surface area (Å²) in [7, 11) is 0. The molecule has 0 bridgehead atoms. The third kappa shape index (κ3) is 4.18. The van der Waals surface area contributed by atoms with Gasteiger partial charge in [0.25, 0.3) is 0 Å². The molecular formula is C13H19N3O2. The van der Waals surface area contributed by atoms with Crippen LogP contribution in [0.5, 0.6) is 0 Å². The molecule has 0 saturated carbocycles. The zero-order valence-electron chi connectivity index (χ0n) is 10.7. The first-order chi connectivity index (χ1) is 8.40. The Kier molecular flexibility index (Phi) is 4.85. The van der Waals surface area contributed by atoms with Crippen molar-refractivity contribution >= 4 is 17.5 Å². The van der Waals surface area contributed by atoms with Crippen molar-refractivity contribution in [1.82, 2.24) is 0 Å². The molecule has 98 valence electrons. The van der Waals surface area contributed by atoms with E-state index in [0.717, 1.165) is 5.56 Å². The van der Waals surface area contributed by atoms with Gasteiger partial charge < -0.3 is 16.8 Å². The van der Waals surface area contributed by atoms with Gasteiger partial charge in [-0.1, -0.05) is 0 Å². The molecule has 1 aromatic carbocycles. The van der Waals surface area contributed by atoms with Crippen LogP contribution in [-0.2, 0) is 4.79 Å². The summed E-state index contributed by atoms with van der Waals surface area (Å²) in [5.74, 6) is -0.555. The second kappa shape index (κ2) is 6.16. The first-order valence-corrected chi connectivity index (χ1v) is 5.86. The van der Waals surface area contributed by atoms with Crippen LogP contribution in [0.2, 0.25) is 0 Å². The normalized spacial score (nSPS) is 11.9. The maximum atomic E-state index is 11.6. The standard InChI is InChI=1S/C13H19N3O2/c1-8-7-10(4-5-11(8)13(15)18)16-12(17)6-3-9(2)14/h4-5,7,9H,3,6,14H2,1-2H3,(H2,15,18)(H,16,17). The maximum Gasteiger partial charge on any atom is 0.248 e. The van der Waals surface area contributed by atoms with Crippen molar-refractivity contribution in [2.75, 3.05) is 5.32 Å². The smallest absolute Gasteiger partial charge is 0.248 e. The highest BCUT2D eigenvalue weighted by atomic mass is 16.1. The number of amides is 2. The predicted octanol–water partition coefficient (Wildman–Crippen LogP) is 1.16. The highest BCUT2D eigenvalue weighted by Gasteiger charge is 2.08. The van der Waals surface area contributed by atoms with Gasteiger partial charge in [0, 0.05) is 23.7 Å². The van der Waals surface area contributed by atoms with Crippen LogP contribution in [0.4, 0.5) is 5.69 Å². The molecule has 0 spiro atoms. The Balaban J connectivity index is 2.66. The van der Waals surface area contributed by atoms with Crippen molar-refractivity contribution in [3.63, 3.8) is 0 Å². The molecule has 1 unspecified atom stereocenters. The molecule has 0 aromatic heterocycles.